The first-order valence-electron chi connectivity index (χ1n) is 7.73. The third-order valence-electron chi connectivity index (χ3n) is 2.91. The quantitative estimate of drug-likeness (QED) is 0.616. The molecule has 0 aliphatic carbocycles. The molecular formula is C16H28N4O2S. The van der Waals surface area contributed by atoms with E-state index in [2.05, 4.69) is 33.1 Å². The highest BCUT2D eigenvalue weighted by atomic mass is 32.1. The van der Waals surface area contributed by atoms with Crippen molar-refractivity contribution in [2.24, 2.45) is 4.99 Å². The van der Waals surface area contributed by atoms with Gasteiger partial charge in [-0.3, -0.25) is 4.99 Å². The maximum atomic E-state index is 11.8. The van der Waals surface area contributed by atoms with E-state index in [0.29, 0.717) is 13.1 Å². The van der Waals surface area contributed by atoms with Crippen molar-refractivity contribution in [3.05, 3.63) is 22.4 Å². The molecule has 0 spiro atoms. The Bertz CT molecular complexity index is 495. The Morgan fingerprint density at radius 1 is 1.35 bits per heavy atom. The van der Waals surface area contributed by atoms with Crippen molar-refractivity contribution in [3.63, 3.8) is 0 Å². The van der Waals surface area contributed by atoms with Crippen LogP contribution in [0.1, 0.15) is 25.6 Å². The molecule has 23 heavy (non-hydrogen) atoms. The van der Waals surface area contributed by atoms with Crippen molar-refractivity contribution in [2.75, 3.05) is 33.7 Å². The summed E-state index contributed by atoms with van der Waals surface area (Å²) in [5, 5.41) is 8.53. The van der Waals surface area contributed by atoms with E-state index in [1.807, 2.05) is 20.8 Å². The Kier molecular flexibility index (Phi) is 7.88. The number of carbonyl (C=O) groups is 1. The van der Waals surface area contributed by atoms with Crippen molar-refractivity contribution >= 4 is 23.4 Å². The lowest BCUT2D eigenvalue weighted by Gasteiger charge is -2.24. The number of nitrogens with one attached hydrogen (secondary N) is 2. The van der Waals surface area contributed by atoms with Crippen LogP contribution in [-0.4, -0.2) is 56.3 Å². The summed E-state index contributed by atoms with van der Waals surface area (Å²) in [7, 11) is 3.46. The van der Waals surface area contributed by atoms with E-state index in [1.54, 1.807) is 30.3 Å². The van der Waals surface area contributed by atoms with Gasteiger partial charge in [-0.15, -0.1) is 11.3 Å². The zero-order valence-electron chi connectivity index (χ0n) is 14.7. The van der Waals surface area contributed by atoms with E-state index in [-0.39, 0.29) is 6.09 Å². The minimum Gasteiger partial charge on any atom is -0.444 e. The molecule has 0 bridgehead atoms. The highest BCUT2D eigenvalue weighted by Crippen LogP contribution is 2.09. The highest BCUT2D eigenvalue weighted by molar-refractivity contribution is 7.09. The van der Waals surface area contributed by atoms with Crippen LogP contribution in [0, 0.1) is 0 Å². The normalized spacial score (nSPS) is 12.0. The third-order valence-corrected chi connectivity index (χ3v) is 3.85. The van der Waals surface area contributed by atoms with Crippen molar-refractivity contribution in [1.29, 1.82) is 0 Å². The number of hydrogen-bond acceptors (Lipinski definition) is 4. The molecule has 1 heterocycles. The van der Waals surface area contributed by atoms with Crippen LogP contribution >= 0.6 is 11.3 Å². The minimum absolute atomic E-state index is 0.319. The molecule has 0 radical (unpaired) electrons. The summed E-state index contributed by atoms with van der Waals surface area (Å²) in [5.74, 6) is 0.735. The second-order valence-corrected chi connectivity index (χ2v) is 7.19. The van der Waals surface area contributed by atoms with Gasteiger partial charge in [0.15, 0.2) is 5.96 Å². The molecule has 2 N–H and O–H groups in total. The van der Waals surface area contributed by atoms with Gasteiger partial charge in [-0.2, -0.15) is 0 Å². The van der Waals surface area contributed by atoms with Gasteiger partial charge in [-0.1, -0.05) is 6.07 Å². The summed E-state index contributed by atoms with van der Waals surface area (Å²) >= 11 is 1.75. The van der Waals surface area contributed by atoms with Crippen LogP contribution in [0.15, 0.2) is 22.5 Å². The van der Waals surface area contributed by atoms with E-state index in [9.17, 15) is 4.79 Å². The van der Waals surface area contributed by atoms with Gasteiger partial charge < -0.3 is 20.3 Å². The number of nitrogens with zero attached hydrogens (tertiary/aromatic N) is 2. The number of ether oxygens (including phenoxy) is 1. The second kappa shape index (κ2) is 9.39. The molecule has 0 atom stereocenters. The maximum absolute atomic E-state index is 11.8. The van der Waals surface area contributed by atoms with Crippen LogP contribution < -0.4 is 10.6 Å². The number of hydrogen-bond donors (Lipinski definition) is 2. The van der Waals surface area contributed by atoms with Gasteiger partial charge in [-0.25, -0.2) is 4.79 Å². The average Bonchev–Trinajstić information content (AvgIpc) is 2.96. The Morgan fingerprint density at radius 3 is 2.61 bits per heavy atom. The summed E-state index contributed by atoms with van der Waals surface area (Å²) < 4.78 is 5.30. The van der Waals surface area contributed by atoms with Crippen LogP contribution in [0.5, 0.6) is 0 Å². The van der Waals surface area contributed by atoms with Gasteiger partial charge in [0.1, 0.15) is 5.60 Å². The Morgan fingerprint density at radius 2 is 2.04 bits per heavy atom. The Balaban J connectivity index is 2.22. The summed E-state index contributed by atoms with van der Waals surface area (Å²) in [6, 6.07) is 4.18. The van der Waals surface area contributed by atoms with Gasteiger partial charge in [0.25, 0.3) is 0 Å². The van der Waals surface area contributed by atoms with Crippen LogP contribution in [-0.2, 0) is 11.2 Å². The number of carbonyl (C=O) groups excluding carboxylic acids is 1. The fourth-order valence-corrected chi connectivity index (χ4v) is 2.46. The first-order chi connectivity index (χ1) is 10.8. The van der Waals surface area contributed by atoms with Crippen LogP contribution in [0.4, 0.5) is 4.79 Å². The zero-order chi connectivity index (χ0) is 17.3. The molecule has 0 saturated carbocycles. The van der Waals surface area contributed by atoms with Crippen molar-refractivity contribution in [3.8, 4) is 0 Å². The first kappa shape index (κ1) is 19.3. The minimum atomic E-state index is -0.474. The van der Waals surface area contributed by atoms with Crippen LogP contribution in [0.3, 0.4) is 0 Å². The van der Waals surface area contributed by atoms with Gasteiger partial charge in [0.2, 0.25) is 0 Å². The van der Waals surface area contributed by atoms with Crippen LogP contribution in [0.25, 0.3) is 0 Å². The molecule has 0 aliphatic heterocycles. The van der Waals surface area contributed by atoms with Gasteiger partial charge in [0, 0.05) is 38.6 Å². The lowest BCUT2D eigenvalue weighted by Crippen LogP contribution is -2.43. The Labute approximate surface area is 142 Å². The fourth-order valence-electron chi connectivity index (χ4n) is 1.75. The number of amides is 1. The molecular weight excluding hydrogens is 312 g/mol. The third kappa shape index (κ3) is 8.44. The lowest BCUT2D eigenvalue weighted by atomic mass is 10.2. The number of rotatable bonds is 6. The molecule has 7 heteroatoms. The topological polar surface area (TPSA) is 66.0 Å². The van der Waals surface area contributed by atoms with Crippen LogP contribution in [0.2, 0.25) is 0 Å². The Hall–Kier alpha value is -1.76. The molecule has 130 valence electrons. The first-order valence-corrected chi connectivity index (χ1v) is 8.61. The molecule has 6 nitrogen and oxygen atoms in total. The van der Waals surface area contributed by atoms with Gasteiger partial charge in [-0.05, 0) is 38.6 Å². The standard InChI is InChI=1S/C16H28N4O2S/c1-16(2,3)22-15(21)20(5)11-10-19-14(17-4)18-9-8-13-7-6-12-23-13/h6-7,12H,8-11H2,1-5H3,(H2,17,18,19). The SMILES string of the molecule is CN=C(NCCc1cccs1)NCCN(C)C(=O)OC(C)(C)C. The molecule has 1 amide bonds. The molecule has 1 aromatic rings. The van der Waals surface area contributed by atoms with Crippen molar-refractivity contribution in [2.45, 2.75) is 32.8 Å². The summed E-state index contributed by atoms with van der Waals surface area (Å²) in [6.07, 6.45) is 0.649. The number of thiophene rings is 1. The predicted octanol–water partition coefficient (Wildman–Crippen LogP) is 2.32. The van der Waals surface area contributed by atoms with E-state index in [1.165, 1.54) is 4.88 Å². The van der Waals surface area contributed by atoms with E-state index in [0.717, 1.165) is 18.9 Å². The maximum Gasteiger partial charge on any atom is 0.410 e. The number of likely N-dealkylation sites (N-methyl/N-ethyl adjacent to an activating group) is 1. The molecule has 0 aliphatic rings. The summed E-state index contributed by atoms with van der Waals surface area (Å²) in [5.41, 5.74) is -0.474. The molecule has 0 fully saturated rings. The predicted molar refractivity (Wildman–Crippen MR) is 96.3 cm³/mol. The largest absolute Gasteiger partial charge is 0.444 e. The van der Waals surface area contributed by atoms with E-state index >= 15 is 0 Å². The number of guanidine groups is 1. The monoisotopic (exact) mass is 340 g/mol. The van der Waals surface area contributed by atoms with Gasteiger partial charge >= 0.3 is 6.09 Å². The zero-order valence-corrected chi connectivity index (χ0v) is 15.5. The fraction of sp³-hybridized carbons (Fsp3) is 0.625. The summed E-state index contributed by atoms with van der Waals surface area (Å²) in [4.78, 5) is 18.9. The van der Waals surface area contributed by atoms with E-state index in [4.69, 9.17) is 4.74 Å². The summed E-state index contributed by atoms with van der Waals surface area (Å²) in [6.45, 7) is 7.54. The van der Waals surface area contributed by atoms with Gasteiger partial charge in [0.05, 0.1) is 0 Å². The van der Waals surface area contributed by atoms with Crippen molar-refractivity contribution in [1.82, 2.24) is 15.5 Å². The van der Waals surface area contributed by atoms with E-state index < -0.39 is 5.60 Å². The molecule has 0 aromatic carbocycles. The van der Waals surface area contributed by atoms with Crippen molar-refractivity contribution < 1.29 is 9.53 Å². The lowest BCUT2D eigenvalue weighted by molar-refractivity contribution is 0.0302. The second-order valence-electron chi connectivity index (χ2n) is 6.16. The number of aliphatic imine (C=N–C) groups is 1. The molecule has 0 unspecified atom stereocenters. The average molecular weight is 340 g/mol. The molecule has 1 aromatic heterocycles. The highest BCUT2D eigenvalue weighted by Gasteiger charge is 2.19. The molecule has 1 rings (SSSR count). The smallest absolute Gasteiger partial charge is 0.410 e. The molecule has 0 saturated heterocycles.